The maximum Gasteiger partial charge on any atom is 0.331 e. The topological polar surface area (TPSA) is 61.8 Å². The van der Waals surface area contributed by atoms with Gasteiger partial charge < -0.3 is 13.9 Å². The van der Waals surface area contributed by atoms with E-state index < -0.39 is 8.32 Å². The fourth-order valence-electron chi connectivity index (χ4n) is 1.92. The number of hydrogen-bond donors (Lipinski definition) is 0. The Morgan fingerprint density at radius 2 is 2.04 bits per heavy atom. The molecule has 0 bridgehead atoms. The molecule has 0 aromatic rings. The van der Waals surface area contributed by atoms with Gasteiger partial charge in [-0.1, -0.05) is 20.8 Å². The van der Waals surface area contributed by atoms with Gasteiger partial charge in [-0.15, -0.1) is 11.8 Å². The molecule has 1 aliphatic carbocycles. The molecule has 0 amide bonds. The fraction of sp³-hybridized carbons (Fsp3) is 0.765. The minimum Gasteiger partial charge on any atom is -0.467 e. The summed E-state index contributed by atoms with van der Waals surface area (Å²) in [6.45, 7) is 11.5. The number of ether oxygens (including phenoxy) is 2. The van der Waals surface area contributed by atoms with Crippen LogP contribution in [0.3, 0.4) is 0 Å². The first-order valence-corrected chi connectivity index (χ1v) is 12.2. The molecule has 0 saturated carbocycles. The zero-order chi connectivity index (χ0) is 18.4. The molecule has 1 atom stereocenters. The van der Waals surface area contributed by atoms with Gasteiger partial charge in [-0.25, -0.2) is 4.79 Å². The number of allylic oxidation sites excluding steroid dienone is 1. The summed E-state index contributed by atoms with van der Waals surface area (Å²) in [6.07, 6.45) is 3.12. The molecule has 0 aromatic heterocycles. The third-order valence-corrected chi connectivity index (χ3v) is 10.1. The van der Waals surface area contributed by atoms with Crippen LogP contribution in [0.25, 0.3) is 0 Å². The Kier molecular flexibility index (Phi) is 8.18. The lowest BCUT2D eigenvalue weighted by Crippen LogP contribution is -2.43. The van der Waals surface area contributed by atoms with E-state index in [0.29, 0.717) is 13.0 Å². The van der Waals surface area contributed by atoms with Crippen LogP contribution in [0.2, 0.25) is 18.1 Å². The summed E-state index contributed by atoms with van der Waals surface area (Å²) in [5, 5.41) is 0.136. The normalized spacial score (nSPS) is 18.7. The van der Waals surface area contributed by atoms with E-state index in [4.69, 9.17) is 9.16 Å². The first-order valence-electron chi connectivity index (χ1n) is 8.27. The Balaban J connectivity index is 2.36. The van der Waals surface area contributed by atoms with Gasteiger partial charge in [0, 0.05) is 23.7 Å². The lowest BCUT2D eigenvalue weighted by atomic mass is 10.2. The number of carbonyl (C=O) groups is 2. The van der Waals surface area contributed by atoms with Crippen LogP contribution in [-0.2, 0) is 23.5 Å². The summed E-state index contributed by atoms with van der Waals surface area (Å²) >= 11 is 1.54. The van der Waals surface area contributed by atoms with Crippen LogP contribution in [0.5, 0.6) is 0 Å². The van der Waals surface area contributed by atoms with Gasteiger partial charge in [-0.3, -0.25) is 4.79 Å². The largest absolute Gasteiger partial charge is 0.467 e. The molecule has 0 spiro atoms. The maximum absolute atomic E-state index is 12.1. The Hall–Kier alpha value is -0.633. The summed E-state index contributed by atoms with van der Waals surface area (Å²) in [7, 11) is -0.527. The van der Waals surface area contributed by atoms with E-state index in [-0.39, 0.29) is 29.5 Å². The van der Waals surface area contributed by atoms with E-state index in [9.17, 15) is 9.59 Å². The van der Waals surface area contributed by atoms with Gasteiger partial charge in [0.15, 0.2) is 14.1 Å². The second-order valence-corrected chi connectivity index (χ2v) is 13.3. The molecule has 24 heavy (non-hydrogen) atoms. The van der Waals surface area contributed by atoms with E-state index >= 15 is 0 Å². The number of thioether (sulfide) groups is 1. The van der Waals surface area contributed by atoms with Crippen molar-refractivity contribution in [3.63, 3.8) is 0 Å². The second-order valence-electron chi connectivity index (χ2n) is 7.41. The molecule has 138 valence electrons. The van der Waals surface area contributed by atoms with Crippen molar-refractivity contribution in [3.05, 3.63) is 11.0 Å². The van der Waals surface area contributed by atoms with Gasteiger partial charge in [0.25, 0.3) is 0 Å². The SMILES string of the molecule is COC(=O)COCCCSC1=C[C@H](O[Si](C)(C)C(C)(C)C)CC1=O. The zero-order valence-electron chi connectivity index (χ0n) is 15.6. The Bertz CT molecular complexity index is 482. The van der Waals surface area contributed by atoms with Crippen molar-refractivity contribution in [3.8, 4) is 0 Å². The Morgan fingerprint density at radius 3 is 2.62 bits per heavy atom. The fourth-order valence-corrected chi connectivity index (χ4v) is 4.16. The smallest absolute Gasteiger partial charge is 0.331 e. The average Bonchev–Trinajstić information content (AvgIpc) is 2.80. The highest BCUT2D eigenvalue weighted by Crippen LogP contribution is 2.39. The average molecular weight is 375 g/mol. The molecule has 0 aliphatic heterocycles. The molecule has 0 saturated heterocycles. The van der Waals surface area contributed by atoms with Crippen molar-refractivity contribution in [1.82, 2.24) is 0 Å². The van der Waals surface area contributed by atoms with Crippen LogP contribution in [0.1, 0.15) is 33.6 Å². The molecule has 0 radical (unpaired) electrons. The van der Waals surface area contributed by atoms with Crippen LogP contribution in [0, 0.1) is 0 Å². The van der Waals surface area contributed by atoms with Gasteiger partial charge in [-0.05, 0) is 30.6 Å². The molecule has 1 rings (SSSR count). The van der Waals surface area contributed by atoms with E-state index in [1.165, 1.54) is 7.11 Å². The van der Waals surface area contributed by atoms with E-state index in [1.807, 2.05) is 6.08 Å². The lowest BCUT2D eigenvalue weighted by molar-refractivity contribution is -0.145. The van der Waals surface area contributed by atoms with Gasteiger partial charge in [0.1, 0.15) is 6.61 Å². The third kappa shape index (κ3) is 6.70. The molecule has 0 heterocycles. The summed E-state index contributed by atoms with van der Waals surface area (Å²) < 4.78 is 16.0. The molecule has 7 heteroatoms. The van der Waals surface area contributed by atoms with Crippen molar-refractivity contribution >= 4 is 31.8 Å². The Morgan fingerprint density at radius 1 is 1.38 bits per heavy atom. The van der Waals surface area contributed by atoms with Crippen molar-refractivity contribution in [2.75, 3.05) is 26.1 Å². The van der Waals surface area contributed by atoms with Crippen LogP contribution >= 0.6 is 11.8 Å². The molecule has 0 N–H and O–H groups in total. The highest BCUT2D eigenvalue weighted by Gasteiger charge is 2.40. The van der Waals surface area contributed by atoms with Crippen molar-refractivity contribution in [2.45, 2.75) is 57.8 Å². The van der Waals surface area contributed by atoms with Crippen LogP contribution in [0.15, 0.2) is 11.0 Å². The predicted molar refractivity (Wildman–Crippen MR) is 99.7 cm³/mol. The van der Waals surface area contributed by atoms with Gasteiger partial charge in [0.05, 0.1) is 13.2 Å². The highest BCUT2D eigenvalue weighted by molar-refractivity contribution is 8.04. The lowest BCUT2D eigenvalue weighted by Gasteiger charge is -2.37. The first-order chi connectivity index (χ1) is 11.1. The number of esters is 1. The highest BCUT2D eigenvalue weighted by atomic mass is 32.2. The maximum atomic E-state index is 12.1. The molecule has 0 fully saturated rings. The Labute approximate surface area is 150 Å². The standard InChI is InChI=1S/C17H30O5SSi/c1-17(2,3)24(5,6)22-13-10-14(18)15(11-13)23-9-7-8-21-12-16(19)20-4/h11,13H,7-10,12H2,1-6H3/t13-/m1/s1. The molecule has 0 aromatic carbocycles. The zero-order valence-corrected chi connectivity index (χ0v) is 17.5. The monoisotopic (exact) mass is 374 g/mol. The van der Waals surface area contributed by atoms with E-state index in [2.05, 4.69) is 38.6 Å². The number of methoxy groups -OCH3 is 1. The number of rotatable bonds is 9. The van der Waals surface area contributed by atoms with E-state index in [1.54, 1.807) is 11.8 Å². The van der Waals surface area contributed by atoms with Crippen molar-refractivity contribution in [2.24, 2.45) is 0 Å². The van der Waals surface area contributed by atoms with Crippen LogP contribution in [-0.4, -0.2) is 52.3 Å². The van der Waals surface area contributed by atoms with Crippen LogP contribution in [0.4, 0.5) is 0 Å². The number of Topliss-reactive ketones (excluding diaryl/α,β-unsaturated/α-hetero) is 1. The van der Waals surface area contributed by atoms with Gasteiger partial charge >= 0.3 is 5.97 Å². The van der Waals surface area contributed by atoms with Crippen molar-refractivity contribution in [1.29, 1.82) is 0 Å². The van der Waals surface area contributed by atoms with Gasteiger partial charge in [0.2, 0.25) is 0 Å². The number of hydrogen-bond acceptors (Lipinski definition) is 6. The molecule has 1 aliphatic rings. The van der Waals surface area contributed by atoms with Crippen LogP contribution < -0.4 is 0 Å². The number of carbonyl (C=O) groups excluding carboxylic acids is 2. The molecular weight excluding hydrogens is 344 g/mol. The molecule has 5 nitrogen and oxygen atoms in total. The molecule has 0 unspecified atom stereocenters. The summed E-state index contributed by atoms with van der Waals surface area (Å²) in [6, 6.07) is 0. The summed E-state index contributed by atoms with van der Waals surface area (Å²) in [5.74, 6) is 0.576. The van der Waals surface area contributed by atoms with Gasteiger partial charge in [-0.2, -0.15) is 0 Å². The predicted octanol–water partition coefficient (Wildman–Crippen LogP) is 3.55. The number of ketones is 1. The minimum absolute atomic E-state index is 0.0226. The summed E-state index contributed by atoms with van der Waals surface area (Å²) in [5.41, 5.74) is 0. The summed E-state index contributed by atoms with van der Waals surface area (Å²) in [4.78, 5) is 23.8. The van der Waals surface area contributed by atoms with Crippen molar-refractivity contribution < 1.29 is 23.5 Å². The first kappa shape index (κ1) is 21.4. The third-order valence-electron chi connectivity index (χ3n) is 4.39. The minimum atomic E-state index is -1.86. The second kappa shape index (κ2) is 9.17. The quantitative estimate of drug-likeness (QED) is 0.349. The molecular formula is C17H30O5SSi. The van der Waals surface area contributed by atoms with E-state index in [0.717, 1.165) is 17.1 Å².